The van der Waals surface area contributed by atoms with Crippen LogP contribution in [-0.4, -0.2) is 11.0 Å². The van der Waals surface area contributed by atoms with Crippen LogP contribution < -0.4 is 5.32 Å². The van der Waals surface area contributed by atoms with Crippen molar-refractivity contribution in [1.29, 1.82) is 0 Å². The quantitative estimate of drug-likeness (QED) is 0.818. The first-order valence-electron chi connectivity index (χ1n) is 5.12. The van der Waals surface area contributed by atoms with Gasteiger partial charge in [0.2, 0.25) is 0 Å². The molecule has 0 aliphatic rings. The summed E-state index contributed by atoms with van der Waals surface area (Å²) < 4.78 is 0.569. The Balaban J connectivity index is 2.25. The average Bonchev–Trinajstić information content (AvgIpc) is 2.37. The van der Waals surface area contributed by atoms with Crippen molar-refractivity contribution in [2.75, 3.05) is 5.32 Å². The lowest BCUT2D eigenvalue weighted by Crippen LogP contribution is -2.11. The third kappa shape index (κ3) is 2.83. The van der Waals surface area contributed by atoms with Crippen molar-refractivity contribution in [1.82, 2.24) is 0 Å². The first-order valence-corrected chi connectivity index (χ1v) is 6.29. The van der Waals surface area contributed by atoms with Crippen LogP contribution in [-0.2, 0) is 0 Å². The van der Waals surface area contributed by atoms with Crippen molar-refractivity contribution in [3.8, 4) is 5.75 Å². The Kier molecular flexibility index (Phi) is 3.89. The molecule has 18 heavy (non-hydrogen) atoms. The van der Waals surface area contributed by atoms with Gasteiger partial charge in [0, 0.05) is 10.0 Å². The summed E-state index contributed by atoms with van der Waals surface area (Å²) in [6.07, 6.45) is 0. The van der Waals surface area contributed by atoms with Gasteiger partial charge in [0.1, 0.15) is 5.75 Å². The summed E-state index contributed by atoms with van der Waals surface area (Å²) in [7, 11) is 0. The Labute approximate surface area is 118 Å². The maximum absolute atomic E-state index is 11.9. The number of hydrogen-bond donors (Lipinski definition) is 2. The Morgan fingerprint density at radius 2 is 1.89 bits per heavy atom. The molecule has 1 amide bonds. The minimum absolute atomic E-state index is 0.0458. The standard InChI is InChI=1S/C13H9BrClNO2/c14-9-6-12(17)11(7-10(9)15)16-13(18)8-4-2-1-3-5-8/h1-7,17H,(H,16,18). The molecule has 2 aromatic carbocycles. The minimum Gasteiger partial charge on any atom is -0.506 e. The Morgan fingerprint density at radius 1 is 1.22 bits per heavy atom. The molecule has 0 aromatic heterocycles. The lowest BCUT2D eigenvalue weighted by molar-refractivity contribution is 0.102. The molecule has 0 aliphatic carbocycles. The highest BCUT2D eigenvalue weighted by molar-refractivity contribution is 9.10. The highest BCUT2D eigenvalue weighted by Crippen LogP contribution is 2.33. The number of amides is 1. The molecule has 0 unspecified atom stereocenters. The number of phenols is 1. The van der Waals surface area contributed by atoms with E-state index in [1.165, 1.54) is 12.1 Å². The zero-order valence-corrected chi connectivity index (χ0v) is 11.5. The van der Waals surface area contributed by atoms with Crippen LogP contribution in [0.2, 0.25) is 5.02 Å². The van der Waals surface area contributed by atoms with Crippen LogP contribution >= 0.6 is 27.5 Å². The molecule has 92 valence electrons. The number of anilines is 1. The van der Waals surface area contributed by atoms with Gasteiger partial charge in [-0.25, -0.2) is 0 Å². The van der Waals surface area contributed by atoms with Gasteiger partial charge in [-0.3, -0.25) is 4.79 Å². The molecule has 0 fully saturated rings. The van der Waals surface area contributed by atoms with E-state index in [-0.39, 0.29) is 17.3 Å². The van der Waals surface area contributed by atoms with Gasteiger partial charge in [-0.05, 0) is 40.2 Å². The second-order valence-electron chi connectivity index (χ2n) is 3.60. The summed E-state index contributed by atoms with van der Waals surface area (Å²) in [4.78, 5) is 11.9. The zero-order valence-electron chi connectivity index (χ0n) is 9.15. The maximum atomic E-state index is 11.9. The fourth-order valence-electron chi connectivity index (χ4n) is 1.42. The molecule has 2 N–H and O–H groups in total. The summed E-state index contributed by atoms with van der Waals surface area (Å²) in [5.74, 6) is -0.347. The van der Waals surface area contributed by atoms with Gasteiger partial charge in [0.25, 0.3) is 5.91 Å². The van der Waals surface area contributed by atoms with Crippen LogP contribution in [0.5, 0.6) is 5.75 Å². The van der Waals surface area contributed by atoms with Crippen LogP contribution in [0.25, 0.3) is 0 Å². The van der Waals surface area contributed by atoms with Crippen molar-refractivity contribution in [3.63, 3.8) is 0 Å². The Hall–Kier alpha value is -1.52. The Bertz CT molecular complexity index is 587. The third-order valence-corrected chi connectivity index (χ3v) is 3.52. The zero-order chi connectivity index (χ0) is 13.1. The summed E-state index contributed by atoms with van der Waals surface area (Å²) in [5.41, 5.74) is 0.785. The summed E-state index contributed by atoms with van der Waals surface area (Å²) in [6, 6.07) is 11.7. The fourth-order valence-corrected chi connectivity index (χ4v) is 1.92. The van der Waals surface area contributed by atoms with E-state index in [1.54, 1.807) is 24.3 Å². The van der Waals surface area contributed by atoms with E-state index in [4.69, 9.17) is 11.6 Å². The second kappa shape index (κ2) is 5.42. The van der Waals surface area contributed by atoms with Crippen LogP contribution in [0.4, 0.5) is 5.69 Å². The van der Waals surface area contributed by atoms with Gasteiger partial charge in [0.05, 0.1) is 10.7 Å². The van der Waals surface area contributed by atoms with Crippen LogP contribution in [0.3, 0.4) is 0 Å². The summed E-state index contributed by atoms with van der Waals surface area (Å²) >= 11 is 9.09. The molecule has 0 atom stereocenters. The molecular weight excluding hydrogens is 318 g/mol. The molecule has 0 saturated carbocycles. The molecule has 0 radical (unpaired) electrons. The first-order chi connectivity index (χ1) is 8.58. The van der Waals surface area contributed by atoms with E-state index < -0.39 is 0 Å². The smallest absolute Gasteiger partial charge is 0.255 e. The van der Waals surface area contributed by atoms with Gasteiger partial charge in [-0.1, -0.05) is 29.8 Å². The topological polar surface area (TPSA) is 49.3 Å². The van der Waals surface area contributed by atoms with Gasteiger partial charge < -0.3 is 10.4 Å². The van der Waals surface area contributed by atoms with Crippen molar-refractivity contribution in [2.45, 2.75) is 0 Å². The molecule has 0 aliphatic heterocycles. The molecule has 2 aromatic rings. The molecule has 0 spiro atoms. The maximum Gasteiger partial charge on any atom is 0.255 e. The summed E-state index contributed by atoms with van der Waals surface area (Å²) in [5, 5.41) is 12.7. The van der Waals surface area contributed by atoms with Crippen molar-refractivity contribution < 1.29 is 9.90 Å². The second-order valence-corrected chi connectivity index (χ2v) is 4.87. The molecule has 0 heterocycles. The molecule has 5 heteroatoms. The number of aromatic hydroxyl groups is 1. The molecule has 0 bridgehead atoms. The van der Waals surface area contributed by atoms with E-state index >= 15 is 0 Å². The molecular formula is C13H9BrClNO2. The number of nitrogens with one attached hydrogen (secondary N) is 1. The van der Waals surface area contributed by atoms with Gasteiger partial charge in [-0.2, -0.15) is 0 Å². The third-order valence-electron chi connectivity index (χ3n) is 2.32. The largest absolute Gasteiger partial charge is 0.506 e. The highest BCUT2D eigenvalue weighted by atomic mass is 79.9. The number of phenolic OH excluding ortho intramolecular Hbond substituents is 1. The lowest BCUT2D eigenvalue weighted by atomic mass is 10.2. The van der Waals surface area contributed by atoms with E-state index in [1.807, 2.05) is 6.07 Å². The Morgan fingerprint density at radius 3 is 2.56 bits per heavy atom. The minimum atomic E-state index is -0.302. The lowest BCUT2D eigenvalue weighted by Gasteiger charge is -2.08. The molecule has 3 nitrogen and oxygen atoms in total. The highest BCUT2D eigenvalue weighted by Gasteiger charge is 2.10. The van der Waals surface area contributed by atoms with Crippen LogP contribution in [0, 0.1) is 0 Å². The predicted octanol–water partition coefficient (Wildman–Crippen LogP) is 4.06. The van der Waals surface area contributed by atoms with Gasteiger partial charge in [-0.15, -0.1) is 0 Å². The SMILES string of the molecule is O=C(Nc1cc(Cl)c(Br)cc1O)c1ccccc1. The summed E-state index contributed by atoms with van der Waals surface area (Å²) in [6.45, 7) is 0. The fraction of sp³-hybridized carbons (Fsp3) is 0. The van der Waals surface area contributed by atoms with Gasteiger partial charge in [0.15, 0.2) is 0 Å². The van der Waals surface area contributed by atoms with E-state index in [2.05, 4.69) is 21.2 Å². The number of carbonyl (C=O) groups is 1. The molecule has 2 rings (SSSR count). The van der Waals surface area contributed by atoms with Crippen molar-refractivity contribution >= 4 is 39.1 Å². The van der Waals surface area contributed by atoms with Gasteiger partial charge >= 0.3 is 0 Å². The average molecular weight is 327 g/mol. The first kappa shape index (κ1) is 12.9. The predicted molar refractivity (Wildman–Crippen MR) is 75.2 cm³/mol. The van der Waals surface area contributed by atoms with Crippen molar-refractivity contribution in [3.05, 3.63) is 57.5 Å². The monoisotopic (exact) mass is 325 g/mol. The van der Waals surface area contributed by atoms with Crippen molar-refractivity contribution in [2.24, 2.45) is 0 Å². The molecule has 0 saturated heterocycles. The number of hydrogen-bond acceptors (Lipinski definition) is 2. The van der Waals surface area contributed by atoms with E-state index in [0.29, 0.717) is 15.1 Å². The van der Waals surface area contributed by atoms with E-state index in [9.17, 15) is 9.90 Å². The normalized spacial score (nSPS) is 10.1. The number of rotatable bonds is 2. The van der Waals surface area contributed by atoms with E-state index in [0.717, 1.165) is 0 Å². The number of benzene rings is 2. The van der Waals surface area contributed by atoms with Crippen LogP contribution in [0.1, 0.15) is 10.4 Å². The van der Waals surface area contributed by atoms with Crippen LogP contribution in [0.15, 0.2) is 46.9 Å². The number of halogens is 2. The number of carbonyl (C=O) groups excluding carboxylic acids is 1.